The standard InChI is InChI=1S/C11H22N4O/c1-10(2,3)7-8(12)13-14-15(9(7)16)11(4,5)6/h13-14H,12H2,1-6H3. The Morgan fingerprint density at radius 2 is 1.62 bits per heavy atom. The summed E-state index contributed by atoms with van der Waals surface area (Å²) in [5.41, 5.74) is 11.5. The quantitative estimate of drug-likeness (QED) is 0.573. The number of carbonyl (C=O) groups is 1. The first-order valence-electron chi connectivity index (χ1n) is 5.41. The molecule has 0 saturated heterocycles. The number of nitrogens with zero attached hydrogens (tertiary/aromatic N) is 1. The van der Waals surface area contributed by atoms with Gasteiger partial charge in [-0.1, -0.05) is 20.8 Å². The molecule has 0 unspecified atom stereocenters. The molecule has 1 amide bonds. The number of nitrogens with two attached hydrogens (primary N) is 1. The maximum absolute atomic E-state index is 12.3. The van der Waals surface area contributed by atoms with Crippen LogP contribution >= 0.6 is 0 Å². The summed E-state index contributed by atoms with van der Waals surface area (Å²) >= 11 is 0. The van der Waals surface area contributed by atoms with E-state index in [9.17, 15) is 4.79 Å². The third kappa shape index (κ3) is 2.29. The molecule has 0 radical (unpaired) electrons. The maximum atomic E-state index is 12.3. The monoisotopic (exact) mass is 226 g/mol. The molecular weight excluding hydrogens is 204 g/mol. The lowest BCUT2D eigenvalue weighted by Gasteiger charge is -2.42. The number of nitrogens with one attached hydrogen (secondary N) is 2. The second-order valence-electron chi connectivity index (χ2n) is 6.09. The first-order chi connectivity index (χ1) is 7.05. The summed E-state index contributed by atoms with van der Waals surface area (Å²) in [5.74, 6) is 0.328. The van der Waals surface area contributed by atoms with Crippen molar-refractivity contribution in [2.24, 2.45) is 11.1 Å². The summed E-state index contributed by atoms with van der Waals surface area (Å²) in [6.07, 6.45) is 0. The average Bonchev–Trinajstić information content (AvgIpc) is 1.97. The Hall–Kier alpha value is -1.23. The predicted molar refractivity (Wildman–Crippen MR) is 63.5 cm³/mol. The topological polar surface area (TPSA) is 70.4 Å². The number of amides is 1. The zero-order valence-corrected chi connectivity index (χ0v) is 10.9. The van der Waals surface area contributed by atoms with Crippen LogP contribution in [0.15, 0.2) is 11.4 Å². The van der Waals surface area contributed by atoms with E-state index in [2.05, 4.69) is 11.0 Å². The lowest BCUT2D eigenvalue weighted by atomic mass is 9.84. The molecule has 5 nitrogen and oxygen atoms in total. The van der Waals surface area contributed by atoms with Crippen molar-refractivity contribution in [2.75, 3.05) is 0 Å². The van der Waals surface area contributed by atoms with Crippen molar-refractivity contribution in [2.45, 2.75) is 47.1 Å². The molecule has 1 rings (SSSR count). The largest absolute Gasteiger partial charge is 0.384 e. The maximum Gasteiger partial charge on any atom is 0.270 e. The van der Waals surface area contributed by atoms with E-state index < -0.39 is 0 Å². The van der Waals surface area contributed by atoms with Crippen molar-refractivity contribution in [1.82, 2.24) is 16.0 Å². The highest BCUT2D eigenvalue weighted by Gasteiger charge is 2.38. The molecule has 0 aromatic rings. The molecule has 0 aromatic heterocycles. The van der Waals surface area contributed by atoms with Crippen molar-refractivity contribution in [1.29, 1.82) is 0 Å². The van der Waals surface area contributed by atoms with Crippen LogP contribution in [0.5, 0.6) is 0 Å². The summed E-state index contributed by atoms with van der Waals surface area (Å²) in [6, 6.07) is 0. The molecule has 92 valence electrons. The van der Waals surface area contributed by atoms with Crippen LogP contribution in [0.1, 0.15) is 41.5 Å². The summed E-state index contributed by atoms with van der Waals surface area (Å²) in [7, 11) is 0. The highest BCUT2D eigenvalue weighted by atomic mass is 16.2. The van der Waals surface area contributed by atoms with Crippen molar-refractivity contribution in [3.63, 3.8) is 0 Å². The Kier molecular flexibility index (Phi) is 2.94. The van der Waals surface area contributed by atoms with Gasteiger partial charge in [-0.25, -0.2) is 0 Å². The Morgan fingerprint density at radius 1 is 1.12 bits per heavy atom. The van der Waals surface area contributed by atoms with Gasteiger partial charge in [-0.3, -0.25) is 15.2 Å². The Balaban J connectivity index is 3.14. The zero-order chi connectivity index (χ0) is 12.7. The molecule has 0 fully saturated rings. The van der Waals surface area contributed by atoms with Gasteiger partial charge in [-0.05, 0) is 26.2 Å². The Labute approximate surface area is 97.0 Å². The van der Waals surface area contributed by atoms with Gasteiger partial charge in [-0.15, -0.1) is 5.53 Å². The van der Waals surface area contributed by atoms with Gasteiger partial charge in [-0.2, -0.15) is 0 Å². The molecule has 5 heteroatoms. The van der Waals surface area contributed by atoms with Crippen molar-refractivity contribution < 1.29 is 4.79 Å². The fourth-order valence-electron chi connectivity index (χ4n) is 1.65. The van der Waals surface area contributed by atoms with Crippen molar-refractivity contribution in [3.05, 3.63) is 11.4 Å². The fraction of sp³-hybridized carbons (Fsp3) is 0.727. The van der Waals surface area contributed by atoms with E-state index >= 15 is 0 Å². The van der Waals surface area contributed by atoms with Crippen molar-refractivity contribution >= 4 is 5.91 Å². The summed E-state index contributed by atoms with van der Waals surface area (Å²) in [6.45, 7) is 11.8. The minimum absolute atomic E-state index is 0.0729. The second-order valence-corrected chi connectivity index (χ2v) is 6.09. The summed E-state index contributed by atoms with van der Waals surface area (Å²) in [4.78, 5) is 12.3. The van der Waals surface area contributed by atoms with Crippen LogP contribution in [-0.4, -0.2) is 16.5 Å². The van der Waals surface area contributed by atoms with Gasteiger partial charge in [0, 0.05) is 0 Å². The molecule has 1 aliphatic heterocycles. The fourth-order valence-corrected chi connectivity index (χ4v) is 1.65. The second kappa shape index (κ2) is 3.66. The van der Waals surface area contributed by atoms with Crippen LogP contribution < -0.4 is 16.7 Å². The third-order valence-corrected chi connectivity index (χ3v) is 2.41. The normalized spacial score (nSPS) is 18.9. The van der Waals surface area contributed by atoms with E-state index in [1.165, 1.54) is 0 Å². The lowest BCUT2D eigenvalue weighted by molar-refractivity contribution is -0.140. The number of rotatable bonds is 0. The molecule has 0 spiro atoms. The highest BCUT2D eigenvalue weighted by molar-refractivity contribution is 5.95. The van der Waals surface area contributed by atoms with Crippen LogP contribution in [0, 0.1) is 5.41 Å². The molecule has 0 bridgehead atoms. The van der Waals surface area contributed by atoms with E-state index in [0.717, 1.165) is 0 Å². The minimum Gasteiger partial charge on any atom is -0.384 e. The van der Waals surface area contributed by atoms with Crippen LogP contribution in [-0.2, 0) is 4.79 Å². The summed E-state index contributed by atoms with van der Waals surface area (Å²) in [5, 5.41) is 1.56. The number of hydrogen-bond acceptors (Lipinski definition) is 4. The highest BCUT2D eigenvalue weighted by Crippen LogP contribution is 2.30. The van der Waals surface area contributed by atoms with Gasteiger partial charge < -0.3 is 5.73 Å². The van der Waals surface area contributed by atoms with E-state index in [4.69, 9.17) is 5.73 Å². The molecule has 4 N–H and O–H groups in total. The van der Waals surface area contributed by atoms with Crippen LogP contribution in [0.4, 0.5) is 0 Å². The van der Waals surface area contributed by atoms with E-state index in [0.29, 0.717) is 11.4 Å². The molecule has 1 heterocycles. The molecule has 0 aliphatic carbocycles. The van der Waals surface area contributed by atoms with E-state index in [1.807, 2.05) is 41.5 Å². The summed E-state index contributed by atoms with van der Waals surface area (Å²) < 4.78 is 0. The number of hydrogen-bond donors (Lipinski definition) is 3. The molecule has 16 heavy (non-hydrogen) atoms. The van der Waals surface area contributed by atoms with Gasteiger partial charge in [0.25, 0.3) is 5.91 Å². The third-order valence-electron chi connectivity index (χ3n) is 2.41. The number of carbonyl (C=O) groups excluding carboxylic acids is 1. The van der Waals surface area contributed by atoms with Crippen LogP contribution in [0.3, 0.4) is 0 Å². The Bertz CT molecular complexity index is 333. The average molecular weight is 226 g/mol. The molecular formula is C11H22N4O. The predicted octanol–water partition coefficient (Wildman–Crippen LogP) is 0.853. The van der Waals surface area contributed by atoms with Gasteiger partial charge in [0.1, 0.15) is 5.82 Å². The van der Waals surface area contributed by atoms with Gasteiger partial charge in [0.15, 0.2) is 0 Å². The number of hydrazine groups is 2. The molecule has 1 aliphatic rings. The minimum atomic E-state index is -0.304. The van der Waals surface area contributed by atoms with Crippen molar-refractivity contribution in [3.8, 4) is 0 Å². The van der Waals surface area contributed by atoms with Crippen LogP contribution in [0.25, 0.3) is 0 Å². The molecule has 0 saturated carbocycles. The molecule has 0 atom stereocenters. The molecule has 0 aromatic carbocycles. The van der Waals surface area contributed by atoms with Gasteiger partial charge in [0.2, 0.25) is 0 Å². The lowest BCUT2D eigenvalue weighted by Crippen LogP contribution is -2.63. The SMILES string of the molecule is CC(C)(C)C1=C(N)NNN(C(C)(C)C)C1=O. The van der Waals surface area contributed by atoms with E-state index in [-0.39, 0.29) is 16.9 Å². The zero-order valence-electron chi connectivity index (χ0n) is 10.9. The first kappa shape index (κ1) is 12.8. The smallest absolute Gasteiger partial charge is 0.270 e. The van der Waals surface area contributed by atoms with Crippen LogP contribution in [0.2, 0.25) is 0 Å². The van der Waals surface area contributed by atoms with E-state index in [1.54, 1.807) is 5.01 Å². The van der Waals surface area contributed by atoms with Gasteiger partial charge in [0.05, 0.1) is 11.1 Å². The van der Waals surface area contributed by atoms with Gasteiger partial charge >= 0.3 is 0 Å². The first-order valence-corrected chi connectivity index (χ1v) is 5.41. The Morgan fingerprint density at radius 3 is 2.00 bits per heavy atom.